The SMILES string of the molecule is COc1cccc(N2CCCCCC2)c1C(C)N. The van der Waals surface area contributed by atoms with Crippen molar-refractivity contribution in [1.82, 2.24) is 0 Å². The number of hydrogen-bond acceptors (Lipinski definition) is 3. The summed E-state index contributed by atoms with van der Waals surface area (Å²) in [5.41, 5.74) is 8.53. The molecule has 1 unspecified atom stereocenters. The van der Waals surface area contributed by atoms with Crippen LogP contribution >= 0.6 is 0 Å². The van der Waals surface area contributed by atoms with Crippen LogP contribution < -0.4 is 15.4 Å². The first-order valence-corrected chi connectivity index (χ1v) is 6.91. The molecule has 1 aromatic carbocycles. The molecule has 0 saturated carbocycles. The average Bonchev–Trinajstić information content (AvgIpc) is 2.66. The highest BCUT2D eigenvalue weighted by Crippen LogP contribution is 2.34. The lowest BCUT2D eigenvalue weighted by atomic mass is 10.0. The second kappa shape index (κ2) is 6.10. The van der Waals surface area contributed by atoms with Crippen LogP contribution in [0.4, 0.5) is 5.69 Å². The highest BCUT2D eigenvalue weighted by atomic mass is 16.5. The van der Waals surface area contributed by atoms with E-state index >= 15 is 0 Å². The summed E-state index contributed by atoms with van der Waals surface area (Å²) in [6, 6.07) is 6.23. The van der Waals surface area contributed by atoms with Crippen molar-refractivity contribution in [3.8, 4) is 5.75 Å². The van der Waals surface area contributed by atoms with E-state index in [0.717, 1.165) is 24.4 Å². The van der Waals surface area contributed by atoms with Crippen LogP contribution in [-0.4, -0.2) is 20.2 Å². The smallest absolute Gasteiger partial charge is 0.125 e. The van der Waals surface area contributed by atoms with E-state index in [9.17, 15) is 0 Å². The van der Waals surface area contributed by atoms with Crippen LogP contribution in [-0.2, 0) is 0 Å². The van der Waals surface area contributed by atoms with Crippen LogP contribution in [0.2, 0.25) is 0 Å². The quantitative estimate of drug-likeness (QED) is 0.893. The Morgan fingerprint density at radius 1 is 1.17 bits per heavy atom. The monoisotopic (exact) mass is 248 g/mol. The lowest BCUT2D eigenvalue weighted by Gasteiger charge is -2.27. The van der Waals surface area contributed by atoms with Crippen molar-refractivity contribution in [1.29, 1.82) is 0 Å². The molecule has 0 bridgehead atoms. The van der Waals surface area contributed by atoms with Crippen LogP contribution in [0.5, 0.6) is 5.75 Å². The number of anilines is 1. The largest absolute Gasteiger partial charge is 0.496 e. The Labute approximate surface area is 110 Å². The maximum absolute atomic E-state index is 6.13. The Balaban J connectivity index is 2.35. The van der Waals surface area contributed by atoms with E-state index in [1.165, 1.54) is 31.4 Å². The first-order valence-electron chi connectivity index (χ1n) is 6.91. The van der Waals surface area contributed by atoms with E-state index in [1.807, 2.05) is 13.0 Å². The molecule has 0 spiro atoms. The van der Waals surface area contributed by atoms with Crippen molar-refractivity contribution in [2.24, 2.45) is 5.73 Å². The standard InChI is InChI=1S/C15H24N2O/c1-12(16)15-13(8-7-9-14(15)18-2)17-10-5-3-4-6-11-17/h7-9,12H,3-6,10-11,16H2,1-2H3. The number of benzene rings is 1. The topological polar surface area (TPSA) is 38.5 Å². The molecule has 1 aliphatic rings. The molecular weight excluding hydrogens is 224 g/mol. The summed E-state index contributed by atoms with van der Waals surface area (Å²) >= 11 is 0. The van der Waals surface area contributed by atoms with Crippen molar-refractivity contribution in [2.45, 2.75) is 38.6 Å². The van der Waals surface area contributed by atoms with Gasteiger partial charge in [0.15, 0.2) is 0 Å². The molecule has 1 atom stereocenters. The third kappa shape index (κ3) is 2.78. The van der Waals surface area contributed by atoms with E-state index in [0.29, 0.717) is 0 Å². The minimum Gasteiger partial charge on any atom is -0.496 e. The van der Waals surface area contributed by atoms with E-state index < -0.39 is 0 Å². The van der Waals surface area contributed by atoms with Gasteiger partial charge in [0, 0.05) is 30.4 Å². The molecule has 3 nitrogen and oxygen atoms in total. The summed E-state index contributed by atoms with van der Waals surface area (Å²) in [6.07, 6.45) is 5.23. The van der Waals surface area contributed by atoms with Gasteiger partial charge in [-0.2, -0.15) is 0 Å². The van der Waals surface area contributed by atoms with E-state index in [2.05, 4.69) is 17.0 Å². The minimum atomic E-state index is -0.000553. The zero-order valence-electron chi connectivity index (χ0n) is 11.5. The summed E-state index contributed by atoms with van der Waals surface area (Å²) in [6.45, 7) is 4.29. The van der Waals surface area contributed by atoms with Gasteiger partial charge in [0.05, 0.1) is 7.11 Å². The Morgan fingerprint density at radius 3 is 2.39 bits per heavy atom. The lowest BCUT2D eigenvalue weighted by Crippen LogP contribution is -2.26. The Bertz CT molecular complexity index is 382. The molecule has 18 heavy (non-hydrogen) atoms. The number of hydrogen-bond donors (Lipinski definition) is 1. The molecule has 0 aromatic heterocycles. The highest BCUT2D eigenvalue weighted by Gasteiger charge is 2.18. The number of methoxy groups -OCH3 is 1. The predicted octanol–water partition coefficient (Wildman–Crippen LogP) is 3.10. The minimum absolute atomic E-state index is 0.000553. The fourth-order valence-electron chi connectivity index (χ4n) is 2.76. The molecule has 2 rings (SSSR count). The maximum Gasteiger partial charge on any atom is 0.125 e. The summed E-state index contributed by atoms with van der Waals surface area (Å²) in [7, 11) is 1.72. The molecule has 2 N–H and O–H groups in total. The molecule has 0 aliphatic carbocycles. The summed E-state index contributed by atoms with van der Waals surface area (Å²) in [5, 5.41) is 0. The van der Waals surface area contributed by atoms with E-state index in [1.54, 1.807) is 7.11 Å². The average molecular weight is 248 g/mol. The van der Waals surface area contributed by atoms with Gasteiger partial charge in [-0.1, -0.05) is 18.9 Å². The molecule has 3 heteroatoms. The molecule has 100 valence electrons. The molecule has 0 radical (unpaired) electrons. The molecule has 1 heterocycles. The van der Waals surface area contributed by atoms with Crippen LogP contribution in [0.25, 0.3) is 0 Å². The van der Waals surface area contributed by atoms with Gasteiger partial charge in [-0.25, -0.2) is 0 Å². The van der Waals surface area contributed by atoms with Gasteiger partial charge < -0.3 is 15.4 Å². The second-order valence-electron chi connectivity index (χ2n) is 5.08. The fraction of sp³-hybridized carbons (Fsp3) is 0.600. The normalized spacial score (nSPS) is 18.3. The summed E-state index contributed by atoms with van der Waals surface area (Å²) in [5.74, 6) is 0.909. The van der Waals surface area contributed by atoms with Crippen LogP contribution in [0.15, 0.2) is 18.2 Å². The highest BCUT2D eigenvalue weighted by molar-refractivity contribution is 5.60. The Kier molecular flexibility index (Phi) is 4.48. The van der Waals surface area contributed by atoms with Crippen molar-refractivity contribution in [3.05, 3.63) is 23.8 Å². The second-order valence-corrected chi connectivity index (χ2v) is 5.08. The van der Waals surface area contributed by atoms with Gasteiger partial charge >= 0.3 is 0 Å². The van der Waals surface area contributed by atoms with Crippen molar-refractivity contribution in [2.75, 3.05) is 25.1 Å². The first kappa shape index (κ1) is 13.2. The first-order chi connectivity index (χ1) is 8.74. The van der Waals surface area contributed by atoms with Crippen LogP contribution in [0, 0.1) is 0 Å². The van der Waals surface area contributed by atoms with E-state index in [4.69, 9.17) is 10.5 Å². The van der Waals surface area contributed by atoms with Crippen molar-refractivity contribution < 1.29 is 4.74 Å². The van der Waals surface area contributed by atoms with Gasteiger partial charge in [0.1, 0.15) is 5.75 Å². The van der Waals surface area contributed by atoms with Gasteiger partial charge in [0.2, 0.25) is 0 Å². The van der Waals surface area contributed by atoms with Gasteiger partial charge in [-0.15, -0.1) is 0 Å². The maximum atomic E-state index is 6.13. The number of nitrogens with two attached hydrogens (primary N) is 1. The number of rotatable bonds is 3. The van der Waals surface area contributed by atoms with Crippen LogP contribution in [0.1, 0.15) is 44.2 Å². The van der Waals surface area contributed by atoms with Gasteiger partial charge in [-0.05, 0) is 31.9 Å². The zero-order chi connectivity index (χ0) is 13.0. The third-order valence-electron chi connectivity index (χ3n) is 3.67. The lowest BCUT2D eigenvalue weighted by molar-refractivity contribution is 0.407. The van der Waals surface area contributed by atoms with Crippen molar-refractivity contribution in [3.63, 3.8) is 0 Å². The molecule has 1 aromatic rings. The van der Waals surface area contributed by atoms with E-state index in [-0.39, 0.29) is 6.04 Å². The Morgan fingerprint density at radius 2 is 1.83 bits per heavy atom. The van der Waals surface area contributed by atoms with Gasteiger partial charge in [-0.3, -0.25) is 0 Å². The predicted molar refractivity (Wildman–Crippen MR) is 76.3 cm³/mol. The summed E-state index contributed by atoms with van der Waals surface area (Å²) < 4.78 is 5.46. The summed E-state index contributed by atoms with van der Waals surface area (Å²) in [4.78, 5) is 2.47. The number of nitrogens with zero attached hydrogens (tertiary/aromatic N) is 1. The Hall–Kier alpha value is -1.22. The molecule has 0 amide bonds. The molecule has 1 saturated heterocycles. The van der Waals surface area contributed by atoms with Crippen molar-refractivity contribution >= 4 is 5.69 Å². The van der Waals surface area contributed by atoms with Gasteiger partial charge in [0.25, 0.3) is 0 Å². The van der Waals surface area contributed by atoms with Crippen LogP contribution in [0.3, 0.4) is 0 Å². The molecular formula is C15H24N2O. The third-order valence-corrected chi connectivity index (χ3v) is 3.67. The molecule has 1 aliphatic heterocycles. The fourth-order valence-corrected chi connectivity index (χ4v) is 2.76. The number of ether oxygens (including phenoxy) is 1. The zero-order valence-corrected chi connectivity index (χ0v) is 11.5. The molecule has 1 fully saturated rings.